The van der Waals surface area contributed by atoms with Gasteiger partial charge in [0.2, 0.25) is 10.1 Å². The minimum atomic E-state index is -0.469. The van der Waals surface area contributed by atoms with E-state index in [2.05, 4.69) is 20.3 Å². The van der Waals surface area contributed by atoms with Crippen LogP contribution in [-0.4, -0.2) is 53.9 Å². The van der Waals surface area contributed by atoms with Crippen LogP contribution in [0.25, 0.3) is 4.96 Å². The SMILES string of the molecule is COc1cccc(CNC(=O)c2cc(=O)nc3sc(N4CCOCC4)nn23)c1. The summed E-state index contributed by atoms with van der Waals surface area (Å²) in [6.07, 6.45) is 0. The van der Waals surface area contributed by atoms with Gasteiger partial charge in [-0.05, 0) is 17.7 Å². The van der Waals surface area contributed by atoms with Crippen LogP contribution in [-0.2, 0) is 11.3 Å². The molecule has 0 spiro atoms. The molecule has 28 heavy (non-hydrogen) atoms. The Balaban J connectivity index is 1.58. The van der Waals surface area contributed by atoms with E-state index in [0.717, 1.165) is 5.56 Å². The lowest BCUT2D eigenvalue weighted by molar-refractivity contribution is 0.0943. The molecular weight excluding hydrogens is 382 g/mol. The Morgan fingerprint density at radius 3 is 2.93 bits per heavy atom. The summed E-state index contributed by atoms with van der Waals surface area (Å²) in [5.41, 5.74) is 0.579. The third-order valence-corrected chi connectivity index (χ3v) is 5.31. The fourth-order valence-electron chi connectivity index (χ4n) is 2.90. The topological polar surface area (TPSA) is 98.1 Å². The van der Waals surface area contributed by atoms with Crippen molar-refractivity contribution in [3.8, 4) is 5.75 Å². The summed E-state index contributed by atoms with van der Waals surface area (Å²) in [6.45, 7) is 2.96. The maximum absolute atomic E-state index is 12.7. The van der Waals surface area contributed by atoms with Crippen LogP contribution >= 0.6 is 11.3 Å². The van der Waals surface area contributed by atoms with Crippen molar-refractivity contribution in [1.82, 2.24) is 19.9 Å². The predicted molar refractivity (Wildman–Crippen MR) is 104 cm³/mol. The number of nitrogens with one attached hydrogen (secondary N) is 1. The quantitative estimate of drug-likeness (QED) is 0.679. The summed E-state index contributed by atoms with van der Waals surface area (Å²) in [4.78, 5) is 31.1. The largest absolute Gasteiger partial charge is 0.497 e. The second kappa shape index (κ2) is 7.95. The number of ether oxygens (including phenoxy) is 2. The number of carbonyl (C=O) groups is 1. The van der Waals surface area contributed by atoms with Crippen LogP contribution in [0.2, 0.25) is 0 Å². The van der Waals surface area contributed by atoms with Crippen molar-refractivity contribution >= 4 is 27.3 Å². The average Bonchev–Trinajstić information content (AvgIpc) is 3.16. The summed E-state index contributed by atoms with van der Waals surface area (Å²) in [5, 5.41) is 8.04. The van der Waals surface area contributed by atoms with Gasteiger partial charge < -0.3 is 19.7 Å². The molecular formula is C18H19N5O4S. The van der Waals surface area contributed by atoms with Crippen molar-refractivity contribution < 1.29 is 14.3 Å². The molecule has 2 aromatic heterocycles. The molecule has 10 heteroatoms. The van der Waals surface area contributed by atoms with Crippen molar-refractivity contribution in [2.75, 3.05) is 38.3 Å². The normalized spacial score (nSPS) is 14.2. The highest BCUT2D eigenvalue weighted by molar-refractivity contribution is 7.20. The molecule has 0 atom stereocenters. The number of aromatic nitrogens is 3. The van der Waals surface area contributed by atoms with Crippen LogP contribution in [0.3, 0.4) is 0 Å². The summed E-state index contributed by atoms with van der Waals surface area (Å²) in [6, 6.07) is 8.62. The number of anilines is 1. The Morgan fingerprint density at radius 2 is 2.14 bits per heavy atom. The van der Waals surface area contributed by atoms with Gasteiger partial charge >= 0.3 is 0 Å². The molecule has 1 aliphatic rings. The van der Waals surface area contributed by atoms with Crippen LogP contribution in [0, 0.1) is 0 Å². The zero-order chi connectivity index (χ0) is 19.5. The molecule has 3 aromatic rings. The second-order valence-corrected chi connectivity index (χ2v) is 7.13. The Morgan fingerprint density at radius 1 is 1.32 bits per heavy atom. The number of rotatable bonds is 5. The van der Waals surface area contributed by atoms with Gasteiger partial charge in [-0.2, -0.15) is 9.50 Å². The molecule has 1 amide bonds. The zero-order valence-corrected chi connectivity index (χ0v) is 16.1. The molecule has 0 unspecified atom stereocenters. The molecule has 0 aliphatic carbocycles. The van der Waals surface area contributed by atoms with E-state index in [1.807, 2.05) is 24.3 Å². The van der Waals surface area contributed by atoms with E-state index in [-0.39, 0.29) is 5.69 Å². The summed E-state index contributed by atoms with van der Waals surface area (Å²) in [7, 11) is 1.59. The maximum Gasteiger partial charge on any atom is 0.274 e. The van der Waals surface area contributed by atoms with Gasteiger partial charge in [0.25, 0.3) is 11.5 Å². The van der Waals surface area contributed by atoms with E-state index in [1.54, 1.807) is 7.11 Å². The Hall–Kier alpha value is -2.98. The van der Waals surface area contributed by atoms with Gasteiger partial charge in [0.05, 0.1) is 20.3 Å². The van der Waals surface area contributed by atoms with E-state index in [4.69, 9.17) is 9.47 Å². The van der Waals surface area contributed by atoms with Gasteiger partial charge in [0, 0.05) is 25.7 Å². The highest BCUT2D eigenvalue weighted by Gasteiger charge is 2.20. The number of hydrogen-bond acceptors (Lipinski definition) is 8. The van der Waals surface area contributed by atoms with Gasteiger partial charge in [0.15, 0.2) is 0 Å². The fraction of sp³-hybridized carbons (Fsp3) is 0.333. The predicted octanol–water partition coefficient (Wildman–Crippen LogP) is 0.926. The smallest absolute Gasteiger partial charge is 0.274 e. The molecule has 1 fully saturated rings. The Kier molecular flexibility index (Phi) is 5.22. The van der Waals surface area contributed by atoms with Gasteiger partial charge in [0.1, 0.15) is 11.4 Å². The summed E-state index contributed by atoms with van der Waals surface area (Å²) >= 11 is 1.28. The molecule has 1 aliphatic heterocycles. The minimum Gasteiger partial charge on any atom is -0.497 e. The molecule has 1 aromatic carbocycles. The van der Waals surface area contributed by atoms with Gasteiger partial charge in [-0.25, -0.2) is 0 Å². The lowest BCUT2D eigenvalue weighted by Crippen LogP contribution is -2.36. The van der Waals surface area contributed by atoms with Crippen LogP contribution in [0.5, 0.6) is 5.75 Å². The highest BCUT2D eigenvalue weighted by Crippen LogP contribution is 2.23. The van der Waals surface area contributed by atoms with E-state index >= 15 is 0 Å². The van der Waals surface area contributed by atoms with Gasteiger partial charge in [-0.1, -0.05) is 23.5 Å². The number of nitrogens with zero attached hydrogens (tertiary/aromatic N) is 4. The fourth-order valence-corrected chi connectivity index (χ4v) is 3.86. The number of morpholine rings is 1. The van der Waals surface area contributed by atoms with Crippen LogP contribution in [0.15, 0.2) is 35.1 Å². The minimum absolute atomic E-state index is 0.161. The number of fused-ring (bicyclic) bond motifs is 1. The van der Waals surface area contributed by atoms with Crippen molar-refractivity contribution in [3.05, 3.63) is 51.9 Å². The van der Waals surface area contributed by atoms with E-state index in [0.29, 0.717) is 48.7 Å². The third kappa shape index (κ3) is 3.82. The van der Waals surface area contributed by atoms with E-state index in [1.165, 1.54) is 21.9 Å². The molecule has 1 saturated heterocycles. The average molecular weight is 401 g/mol. The van der Waals surface area contributed by atoms with Crippen molar-refractivity contribution in [1.29, 1.82) is 0 Å². The van der Waals surface area contributed by atoms with E-state index < -0.39 is 11.5 Å². The molecule has 4 rings (SSSR count). The first kappa shape index (κ1) is 18.4. The van der Waals surface area contributed by atoms with Gasteiger partial charge in [-0.15, -0.1) is 5.10 Å². The number of amides is 1. The molecule has 0 bridgehead atoms. The molecule has 1 N–H and O–H groups in total. The monoisotopic (exact) mass is 401 g/mol. The molecule has 9 nitrogen and oxygen atoms in total. The van der Waals surface area contributed by atoms with Crippen molar-refractivity contribution in [2.45, 2.75) is 6.54 Å². The number of methoxy groups -OCH3 is 1. The first-order valence-electron chi connectivity index (χ1n) is 8.79. The first-order chi connectivity index (χ1) is 13.6. The van der Waals surface area contributed by atoms with Crippen molar-refractivity contribution in [3.63, 3.8) is 0 Å². The first-order valence-corrected chi connectivity index (χ1v) is 9.60. The number of carbonyl (C=O) groups excluding carboxylic acids is 1. The molecule has 0 radical (unpaired) electrons. The summed E-state index contributed by atoms with van der Waals surface area (Å²) < 4.78 is 12.0. The molecule has 146 valence electrons. The third-order valence-electron chi connectivity index (χ3n) is 4.34. The Labute approximate surface area is 164 Å². The maximum atomic E-state index is 12.7. The zero-order valence-electron chi connectivity index (χ0n) is 15.3. The van der Waals surface area contributed by atoms with Crippen LogP contribution in [0.1, 0.15) is 16.1 Å². The van der Waals surface area contributed by atoms with Gasteiger partial charge in [-0.3, -0.25) is 9.59 Å². The van der Waals surface area contributed by atoms with Crippen LogP contribution in [0.4, 0.5) is 5.13 Å². The molecule has 3 heterocycles. The van der Waals surface area contributed by atoms with E-state index in [9.17, 15) is 9.59 Å². The lowest BCUT2D eigenvalue weighted by atomic mass is 10.2. The highest BCUT2D eigenvalue weighted by atomic mass is 32.1. The van der Waals surface area contributed by atoms with Crippen molar-refractivity contribution in [2.24, 2.45) is 0 Å². The lowest BCUT2D eigenvalue weighted by Gasteiger charge is -2.25. The standard InChI is InChI=1S/C18H19N5O4S/c1-26-13-4-2-3-12(9-13)11-19-16(25)14-10-15(24)20-17-23(14)21-18(28-17)22-5-7-27-8-6-22/h2-4,9-10H,5-8,11H2,1H3,(H,19,25). The molecule has 0 saturated carbocycles. The second-order valence-electron chi connectivity index (χ2n) is 6.19. The van der Waals surface area contributed by atoms with Crippen LogP contribution < -0.4 is 20.5 Å². The summed E-state index contributed by atoms with van der Waals surface area (Å²) in [5.74, 6) is 0.320. The number of benzene rings is 1. The Bertz CT molecular complexity index is 1060. The number of hydrogen-bond donors (Lipinski definition) is 1.